The Kier molecular flexibility index (Phi) is 2.10. The minimum atomic E-state index is 0.159. The highest BCUT2D eigenvalue weighted by atomic mass is 16.1. The van der Waals surface area contributed by atoms with E-state index in [0.717, 1.165) is 29.2 Å². The van der Waals surface area contributed by atoms with Gasteiger partial charge in [0.05, 0.1) is 0 Å². The molecule has 1 heteroatoms. The van der Waals surface area contributed by atoms with E-state index in [1.54, 1.807) is 0 Å². The second-order valence-corrected chi connectivity index (χ2v) is 4.13. The largest absolute Gasteiger partial charge is 0.289 e. The lowest BCUT2D eigenvalue weighted by molar-refractivity contribution is 0.986. The van der Waals surface area contributed by atoms with Crippen LogP contribution >= 0.6 is 0 Å². The van der Waals surface area contributed by atoms with E-state index in [9.17, 15) is 4.79 Å². The Morgan fingerprint density at radius 2 is 1.88 bits per heavy atom. The topological polar surface area (TPSA) is 17.1 Å². The normalized spacial score (nSPS) is 13.8. The molecule has 1 aliphatic carbocycles. The number of benzene rings is 1. The van der Waals surface area contributed by atoms with Gasteiger partial charge in [-0.05, 0) is 23.8 Å². The summed E-state index contributed by atoms with van der Waals surface area (Å²) in [6.07, 6.45) is 6.06. The number of aryl methyl sites for hydroxylation is 1. The van der Waals surface area contributed by atoms with Crippen LogP contribution in [0.15, 0.2) is 47.3 Å². The van der Waals surface area contributed by atoms with Crippen LogP contribution in [0, 0.1) is 0 Å². The summed E-state index contributed by atoms with van der Waals surface area (Å²) in [6.45, 7) is 0. The minimum absolute atomic E-state index is 0.159. The van der Waals surface area contributed by atoms with Gasteiger partial charge in [-0.15, -0.1) is 0 Å². The van der Waals surface area contributed by atoms with Gasteiger partial charge in [-0.25, -0.2) is 0 Å². The van der Waals surface area contributed by atoms with Gasteiger partial charge < -0.3 is 0 Å². The Balaban J connectivity index is 2.52. The van der Waals surface area contributed by atoms with Crippen molar-refractivity contribution in [2.45, 2.75) is 12.8 Å². The minimum Gasteiger partial charge on any atom is -0.289 e. The quantitative estimate of drug-likeness (QED) is 0.650. The molecule has 0 spiro atoms. The van der Waals surface area contributed by atoms with Crippen LogP contribution in [0.5, 0.6) is 0 Å². The molecule has 0 N–H and O–H groups in total. The van der Waals surface area contributed by atoms with E-state index in [1.807, 2.05) is 30.3 Å². The molecule has 0 bridgehead atoms. The highest BCUT2D eigenvalue weighted by Gasteiger charge is 2.08. The summed E-state index contributed by atoms with van der Waals surface area (Å²) in [5.41, 5.74) is 2.20. The zero-order chi connectivity index (χ0) is 11.0. The molecule has 0 radical (unpaired) electrons. The second-order valence-electron chi connectivity index (χ2n) is 4.13. The number of fused-ring (bicyclic) bond motifs is 2. The van der Waals surface area contributed by atoms with E-state index >= 15 is 0 Å². The molecule has 0 unspecified atom stereocenters. The molecule has 16 heavy (non-hydrogen) atoms. The monoisotopic (exact) mass is 208 g/mol. The smallest absolute Gasteiger partial charge is 0.193 e. The van der Waals surface area contributed by atoms with Gasteiger partial charge in [0.25, 0.3) is 0 Å². The lowest BCUT2D eigenvalue weighted by Crippen LogP contribution is -2.07. The summed E-state index contributed by atoms with van der Waals surface area (Å²) >= 11 is 0. The van der Waals surface area contributed by atoms with Gasteiger partial charge in [0.2, 0.25) is 0 Å². The van der Waals surface area contributed by atoms with Gasteiger partial charge in [-0.2, -0.15) is 0 Å². The van der Waals surface area contributed by atoms with E-state index in [2.05, 4.69) is 18.2 Å². The average Bonchev–Trinajstić information content (AvgIpc) is 2.49. The maximum absolute atomic E-state index is 12.3. The van der Waals surface area contributed by atoms with Crippen molar-refractivity contribution in [1.29, 1.82) is 0 Å². The van der Waals surface area contributed by atoms with Crippen molar-refractivity contribution in [3.63, 3.8) is 0 Å². The zero-order valence-corrected chi connectivity index (χ0v) is 8.94. The molecule has 0 saturated carbocycles. The highest BCUT2D eigenvalue weighted by molar-refractivity contribution is 5.84. The van der Waals surface area contributed by atoms with E-state index < -0.39 is 0 Å². The average molecular weight is 208 g/mol. The van der Waals surface area contributed by atoms with Crippen molar-refractivity contribution in [1.82, 2.24) is 0 Å². The molecule has 0 atom stereocenters. The molecular formula is C15H12O. The fourth-order valence-electron chi connectivity index (χ4n) is 2.26. The van der Waals surface area contributed by atoms with Gasteiger partial charge >= 0.3 is 0 Å². The first-order valence-electron chi connectivity index (χ1n) is 5.58. The molecule has 78 valence electrons. The molecule has 0 amide bonds. The van der Waals surface area contributed by atoms with Crippen LogP contribution in [-0.2, 0) is 6.42 Å². The first-order chi connectivity index (χ1) is 7.86. The van der Waals surface area contributed by atoms with E-state index in [1.165, 1.54) is 5.56 Å². The van der Waals surface area contributed by atoms with Crippen LogP contribution in [0.4, 0.5) is 0 Å². The van der Waals surface area contributed by atoms with Crippen LogP contribution in [-0.4, -0.2) is 0 Å². The van der Waals surface area contributed by atoms with E-state index in [-0.39, 0.29) is 5.43 Å². The standard InChI is InChI=1S/C15H12O/c16-15-13-7-3-1-5-11(13)9-10-12-6-2-4-8-14(12)15/h1,3-5,7-10H,2,6H2. The molecule has 3 rings (SSSR count). The molecule has 1 aliphatic rings. The van der Waals surface area contributed by atoms with Crippen molar-refractivity contribution in [3.8, 4) is 0 Å². The third kappa shape index (κ3) is 1.36. The van der Waals surface area contributed by atoms with Crippen molar-refractivity contribution >= 4 is 16.8 Å². The first-order valence-corrected chi connectivity index (χ1v) is 5.58. The third-order valence-corrected chi connectivity index (χ3v) is 3.12. The summed E-state index contributed by atoms with van der Waals surface area (Å²) in [4.78, 5) is 12.3. The van der Waals surface area contributed by atoms with Crippen LogP contribution in [0.3, 0.4) is 0 Å². The van der Waals surface area contributed by atoms with Crippen LogP contribution < -0.4 is 5.43 Å². The molecule has 0 aromatic heterocycles. The second kappa shape index (κ2) is 3.60. The lowest BCUT2D eigenvalue weighted by atomic mass is 9.99. The molecule has 0 heterocycles. The van der Waals surface area contributed by atoms with Crippen molar-refractivity contribution in [2.24, 2.45) is 0 Å². The maximum atomic E-state index is 12.3. The predicted molar refractivity (Wildman–Crippen MR) is 67.6 cm³/mol. The first kappa shape index (κ1) is 9.34. The summed E-state index contributed by atoms with van der Waals surface area (Å²) in [6, 6.07) is 11.9. The summed E-state index contributed by atoms with van der Waals surface area (Å²) in [5, 5.41) is 1.84. The van der Waals surface area contributed by atoms with Crippen LogP contribution in [0.2, 0.25) is 0 Å². The zero-order valence-electron chi connectivity index (χ0n) is 8.94. The van der Waals surface area contributed by atoms with Gasteiger partial charge in [0, 0.05) is 10.9 Å². The molecule has 2 aromatic carbocycles. The van der Waals surface area contributed by atoms with Crippen molar-refractivity contribution in [2.75, 3.05) is 0 Å². The summed E-state index contributed by atoms with van der Waals surface area (Å²) in [5.74, 6) is 0. The fourth-order valence-corrected chi connectivity index (χ4v) is 2.26. The van der Waals surface area contributed by atoms with Crippen LogP contribution in [0.25, 0.3) is 16.8 Å². The highest BCUT2D eigenvalue weighted by Crippen LogP contribution is 2.18. The Bertz CT molecular complexity index is 638. The van der Waals surface area contributed by atoms with Gasteiger partial charge in [0.15, 0.2) is 5.43 Å². The van der Waals surface area contributed by atoms with E-state index in [0.29, 0.717) is 0 Å². The Morgan fingerprint density at radius 1 is 1.00 bits per heavy atom. The molecule has 0 aliphatic heterocycles. The molecule has 2 aromatic rings. The van der Waals surface area contributed by atoms with Crippen molar-refractivity contribution in [3.05, 3.63) is 63.8 Å². The molecular weight excluding hydrogens is 196 g/mol. The SMILES string of the molecule is O=c1c2c(ccc3ccccc13)CCC=C2. The predicted octanol–water partition coefficient (Wildman–Crippen LogP) is 3.16. The van der Waals surface area contributed by atoms with Gasteiger partial charge in [-0.1, -0.05) is 48.6 Å². The van der Waals surface area contributed by atoms with Gasteiger partial charge in [0.1, 0.15) is 0 Å². The van der Waals surface area contributed by atoms with Crippen molar-refractivity contribution < 1.29 is 0 Å². The maximum Gasteiger partial charge on any atom is 0.193 e. The number of hydrogen-bond donors (Lipinski definition) is 0. The molecule has 1 nitrogen and oxygen atoms in total. The fraction of sp³-hybridized carbons (Fsp3) is 0.133. The number of rotatable bonds is 0. The molecule has 0 fully saturated rings. The van der Waals surface area contributed by atoms with E-state index in [4.69, 9.17) is 0 Å². The molecule has 0 saturated heterocycles. The third-order valence-electron chi connectivity index (χ3n) is 3.12. The van der Waals surface area contributed by atoms with Crippen LogP contribution in [0.1, 0.15) is 17.5 Å². The Hall–Kier alpha value is -1.89. The number of allylic oxidation sites excluding steroid dienone is 1. The van der Waals surface area contributed by atoms with Gasteiger partial charge in [-0.3, -0.25) is 4.79 Å². The Morgan fingerprint density at radius 3 is 2.81 bits per heavy atom. The summed E-state index contributed by atoms with van der Waals surface area (Å²) < 4.78 is 0. The summed E-state index contributed by atoms with van der Waals surface area (Å²) in [7, 11) is 0. The Labute approximate surface area is 94.0 Å². The lowest BCUT2D eigenvalue weighted by Gasteiger charge is -2.04. The number of hydrogen-bond acceptors (Lipinski definition) is 1.